The van der Waals surface area contributed by atoms with Crippen LogP contribution >= 0.6 is 0 Å². The van der Waals surface area contributed by atoms with Gasteiger partial charge in [-0.05, 0) is 61.6 Å². The number of fused-ring (bicyclic) bond motifs is 1. The summed E-state index contributed by atoms with van der Waals surface area (Å²) >= 11 is 0. The number of benzene rings is 1. The second-order valence-electron chi connectivity index (χ2n) is 5.74. The zero-order valence-electron chi connectivity index (χ0n) is 12.4. The number of hydrogen-bond acceptors (Lipinski definition) is 3. The van der Waals surface area contributed by atoms with Crippen molar-refractivity contribution in [3.63, 3.8) is 0 Å². The van der Waals surface area contributed by atoms with Crippen molar-refractivity contribution in [3.8, 4) is 0 Å². The van der Waals surface area contributed by atoms with Crippen molar-refractivity contribution in [3.05, 3.63) is 34.9 Å². The summed E-state index contributed by atoms with van der Waals surface area (Å²) in [5, 5.41) is 0. The SMILES string of the molecule is COC(=O)CCCC(N)Cc1ccc2c(c1)CCCC2. The summed E-state index contributed by atoms with van der Waals surface area (Å²) in [5.74, 6) is -0.147. The van der Waals surface area contributed by atoms with Gasteiger partial charge in [-0.3, -0.25) is 4.79 Å². The van der Waals surface area contributed by atoms with Gasteiger partial charge in [-0.1, -0.05) is 18.2 Å². The summed E-state index contributed by atoms with van der Waals surface area (Å²) in [4.78, 5) is 11.0. The number of carbonyl (C=O) groups excluding carboxylic acids is 1. The minimum absolute atomic E-state index is 0.126. The van der Waals surface area contributed by atoms with Gasteiger partial charge < -0.3 is 10.5 Å². The molecule has 20 heavy (non-hydrogen) atoms. The van der Waals surface area contributed by atoms with Crippen LogP contribution in [0.25, 0.3) is 0 Å². The van der Waals surface area contributed by atoms with E-state index in [-0.39, 0.29) is 12.0 Å². The largest absolute Gasteiger partial charge is 0.469 e. The van der Waals surface area contributed by atoms with E-state index in [0.717, 1.165) is 19.3 Å². The fourth-order valence-electron chi connectivity index (χ4n) is 2.93. The molecule has 0 saturated heterocycles. The Labute approximate surface area is 121 Å². The third kappa shape index (κ3) is 4.34. The smallest absolute Gasteiger partial charge is 0.305 e. The van der Waals surface area contributed by atoms with Crippen molar-refractivity contribution in [1.82, 2.24) is 0 Å². The molecular formula is C17H25NO2. The van der Waals surface area contributed by atoms with Gasteiger partial charge >= 0.3 is 5.97 Å². The number of carbonyl (C=O) groups is 1. The summed E-state index contributed by atoms with van der Waals surface area (Å²) < 4.78 is 4.63. The minimum atomic E-state index is -0.147. The molecule has 0 bridgehead atoms. The van der Waals surface area contributed by atoms with Gasteiger partial charge in [0.05, 0.1) is 7.11 Å². The second kappa shape index (κ2) is 7.44. The van der Waals surface area contributed by atoms with Crippen LogP contribution in [0, 0.1) is 0 Å². The number of esters is 1. The van der Waals surface area contributed by atoms with Crippen LogP contribution in [0.2, 0.25) is 0 Å². The fourth-order valence-corrected chi connectivity index (χ4v) is 2.93. The first-order chi connectivity index (χ1) is 9.69. The van der Waals surface area contributed by atoms with Gasteiger partial charge in [-0.15, -0.1) is 0 Å². The second-order valence-corrected chi connectivity index (χ2v) is 5.74. The van der Waals surface area contributed by atoms with Crippen LogP contribution in [-0.4, -0.2) is 19.1 Å². The Morgan fingerprint density at radius 3 is 2.80 bits per heavy atom. The first kappa shape index (κ1) is 15.0. The Balaban J connectivity index is 1.82. The van der Waals surface area contributed by atoms with E-state index in [0.29, 0.717) is 6.42 Å². The van der Waals surface area contributed by atoms with Gasteiger partial charge in [0, 0.05) is 12.5 Å². The highest BCUT2D eigenvalue weighted by molar-refractivity contribution is 5.68. The lowest BCUT2D eigenvalue weighted by Crippen LogP contribution is -2.23. The highest BCUT2D eigenvalue weighted by Gasteiger charge is 2.11. The number of aryl methyl sites for hydroxylation is 2. The number of nitrogens with two attached hydrogens (primary N) is 1. The summed E-state index contributed by atoms with van der Waals surface area (Å²) in [7, 11) is 1.43. The van der Waals surface area contributed by atoms with E-state index in [2.05, 4.69) is 22.9 Å². The average Bonchev–Trinajstić information content (AvgIpc) is 2.47. The Bertz CT molecular complexity index is 456. The van der Waals surface area contributed by atoms with Crippen molar-refractivity contribution < 1.29 is 9.53 Å². The van der Waals surface area contributed by atoms with Gasteiger partial charge in [0.15, 0.2) is 0 Å². The molecule has 110 valence electrons. The third-order valence-corrected chi connectivity index (χ3v) is 4.09. The number of hydrogen-bond donors (Lipinski definition) is 1. The molecule has 1 unspecified atom stereocenters. The number of methoxy groups -OCH3 is 1. The molecule has 0 heterocycles. The molecule has 1 atom stereocenters. The molecule has 0 saturated carbocycles. The molecule has 0 amide bonds. The molecule has 1 aromatic carbocycles. The van der Waals surface area contributed by atoms with E-state index in [1.165, 1.54) is 49.5 Å². The number of ether oxygens (including phenoxy) is 1. The Morgan fingerprint density at radius 2 is 2.05 bits per heavy atom. The minimum Gasteiger partial charge on any atom is -0.469 e. The van der Waals surface area contributed by atoms with E-state index in [4.69, 9.17) is 5.73 Å². The zero-order valence-corrected chi connectivity index (χ0v) is 12.4. The quantitative estimate of drug-likeness (QED) is 0.812. The highest BCUT2D eigenvalue weighted by Crippen LogP contribution is 2.23. The van der Waals surface area contributed by atoms with E-state index < -0.39 is 0 Å². The number of rotatable bonds is 6. The Morgan fingerprint density at radius 1 is 1.30 bits per heavy atom. The van der Waals surface area contributed by atoms with Crippen LogP contribution in [0.3, 0.4) is 0 Å². The maximum absolute atomic E-state index is 11.0. The van der Waals surface area contributed by atoms with Crippen molar-refractivity contribution in [2.45, 2.75) is 57.4 Å². The highest BCUT2D eigenvalue weighted by atomic mass is 16.5. The molecule has 0 aromatic heterocycles. The Hall–Kier alpha value is -1.35. The van der Waals surface area contributed by atoms with Crippen molar-refractivity contribution >= 4 is 5.97 Å². The topological polar surface area (TPSA) is 52.3 Å². The van der Waals surface area contributed by atoms with Crippen LogP contribution in [-0.2, 0) is 28.8 Å². The van der Waals surface area contributed by atoms with Crippen molar-refractivity contribution in [1.29, 1.82) is 0 Å². The van der Waals surface area contributed by atoms with Gasteiger partial charge in [-0.2, -0.15) is 0 Å². The molecule has 0 fully saturated rings. The summed E-state index contributed by atoms with van der Waals surface area (Å²) in [5.41, 5.74) is 10.5. The predicted molar refractivity (Wildman–Crippen MR) is 80.6 cm³/mol. The van der Waals surface area contributed by atoms with Crippen LogP contribution in [0.4, 0.5) is 0 Å². The molecule has 1 aliphatic rings. The van der Waals surface area contributed by atoms with Crippen LogP contribution in [0.15, 0.2) is 18.2 Å². The summed E-state index contributed by atoms with van der Waals surface area (Å²) in [6.45, 7) is 0. The van der Waals surface area contributed by atoms with E-state index >= 15 is 0 Å². The van der Waals surface area contributed by atoms with E-state index in [1.807, 2.05) is 0 Å². The lowest BCUT2D eigenvalue weighted by molar-refractivity contribution is -0.140. The van der Waals surface area contributed by atoms with Crippen molar-refractivity contribution in [2.75, 3.05) is 7.11 Å². The molecule has 2 rings (SSSR count). The predicted octanol–water partition coefficient (Wildman–Crippen LogP) is 2.78. The molecule has 1 aromatic rings. The molecule has 0 radical (unpaired) electrons. The molecule has 0 aliphatic heterocycles. The van der Waals surface area contributed by atoms with Gasteiger partial charge in [0.1, 0.15) is 0 Å². The van der Waals surface area contributed by atoms with Gasteiger partial charge in [0.25, 0.3) is 0 Å². The van der Waals surface area contributed by atoms with E-state index in [1.54, 1.807) is 0 Å². The van der Waals surface area contributed by atoms with Crippen LogP contribution in [0.1, 0.15) is 48.8 Å². The molecule has 3 nitrogen and oxygen atoms in total. The monoisotopic (exact) mass is 275 g/mol. The molecule has 0 spiro atoms. The summed E-state index contributed by atoms with van der Waals surface area (Å²) in [6, 6.07) is 6.94. The molecule has 1 aliphatic carbocycles. The molecule has 3 heteroatoms. The average molecular weight is 275 g/mol. The zero-order chi connectivity index (χ0) is 14.4. The lowest BCUT2D eigenvalue weighted by atomic mass is 9.89. The lowest BCUT2D eigenvalue weighted by Gasteiger charge is -2.18. The van der Waals surface area contributed by atoms with Crippen LogP contribution in [0.5, 0.6) is 0 Å². The molecular weight excluding hydrogens is 250 g/mol. The first-order valence-corrected chi connectivity index (χ1v) is 7.62. The van der Waals surface area contributed by atoms with Gasteiger partial charge in [-0.25, -0.2) is 0 Å². The fraction of sp³-hybridized carbons (Fsp3) is 0.588. The third-order valence-electron chi connectivity index (χ3n) is 4.09. The maximum Gasteiger partial charge on any atom is 0.305 e. The van der Waals surface area contributed by atoms with Crippen LogP contribution < -0.4 is 5.73 Å². The van der Waals surface area contributed by atoms with Gasteiger partial charge in [0.2, 0.25) is 0 Å². The van der Waals surface area contributed by atoms with E-state index in [9.17, 15) is 4.79 Å². The first-order valence-electron chi connectivity index (χ1n) is 7.62. The molecule has 2 N–H and O–H groups in total. The normalized spacial score (nSPS) is 15.5. The Kier molecular flexibility index (Phi) is 5.60. The standard InChI is InChI=1S/C17H25NO2/c1-20-17(19)8-4-7-16(18)12-13-9-10-14-5-2-3-6-15(14)11-13/h9-11,16H,2-8,12,18H2,1H3. The summed E-state index contributed by atoms with van der Waals surface area (Å²) in [6.07, 6.45) is 8.09. The maximum atomic E-state index is 11.0. The van der Waals surface area contributed by atoms with Crippen molar-refractivity contribution in [2.24, 2.45) is 5.73 Å².